The summed E-state index contributed by atoms with van der Waals surface area (Å²) in [6, 6.07) is 0.279. The molecule has 98 valence electrons. The summed E-state index contributed by atoms with van der Waals surface area (Å²) in [4.78, 5) is 11.6. The van der Waals surface area contributed by atoms with Crippen molar-refractivity contribution < 1.29 is 0 Å². The van der Waals surface area contributed by atoms with Gasteiger partial charge >= 0.3 is 0 Å². The number of anilines is 1. The minimum atomic E-state index is 0.279. The fraction of sp³-hybridized carbons (Fsp3) is 0.714. The molecule has 0 radical (unpaired) electrons. The number of piperidine rings is 1. The molecule has 0 aromatic carbocycles. The third kappa shape index (κ3) is 2.48. The highest BCUT2D eigenvalue weighted by Crippen LogP contribution is 2.21. The van der Waals surface area contributed by atoms with E-state index in [1.54, 1.807) is 0 Å². The second-order valence-corrected chi connectivity index (χ2v) is 5.55. The Kier molecular flexibility index (Phi) is 3.46. The van der Waals surface area contributed by atoms with Gasteiger partial charge in [0.05, 0.1) is 0 Å². The summed E-state index contributed by atoms with van der Waals surface area (Å²) in [6.07, 6.45) is 10.5. The zero-order valence-electron chi connectivity index (χ0n) is 10.9. The lowest BCUT2D eigenvalue weighted by atomic mass is 10.1. The molecule has 1 atom stereocenters. The molecular formula is C14H22N4. The summed E-state index contributed by atoms with van der Waals surface area (Å²) in [5.41, 5.74) is 8.66. The number of aryl methyl sites for hydroxylation is 2. The molecule has 1 aromatic heterocycles. The third-order valence-corrected chi connectivity index (χ3v) is 4.04. The topological polar surface area (TPSA) is 55.0 Å². The molecule has 1 saturated heterocycles. The fourth-order valence-corrected chi connectivity index (χ4v) is 2.99. The summed E-state index contributed by atoms with van der Waals surface area (Å²) < 4.78 is 0. The molecule has 4 heteroatoms. The molecule has 1 fully saturated rings. The second kappa shape index (κ2) is 5.22. The Morgan fingerprint density at radius 2 is 2.06 bits per heavy atom. The molecule has 18 heavy (non-hydrogen) atoms. The average molecular weight is 246 g/mol. The lowest BCUT2D eigenvalue weighted by Gasteiger charge is -2.31. The van der Waals surface area contributed by atoms with Crippen LogP contribution in [-0.2, 0) is 12.8 Å². The first kappa shape index (κ1) is 11.9. The minimum absolute atomic E-state index is 0.279. The van der Waals surface area contributed by atoms with Gasteiger partial charge in [-0.1, -0.05) is 6.42 Å². The van der Waals surface area contributed by atoms with Gasteiger partial charge in [-0.25, -0.2) is 9.97 Å². The Morgan fingerprint density at radius 3 is 2.94 bits per heavy atom. The molecule has 2 aliphatic rings. The summed E-state index contributed by atoms with van der Waals surface area (Å²) >= 11 is 0. The van der Waals surface area contributed by atoms with Crippen molar-refractivity contribution in [2.45, 2.75) is 51.0 Å². The zero-order valence-corrected chi connectivity index (χ0v) is 10.9. The molecule has 0 spiro atoms. The number of hydrogen-bond donors (Lipinski definition) is 1. The van der Waals surface area contributed by atoms with Crippen molar-refractivity contribution in [1.29, 1.82) is 0 Å². The molecule has 0 bridgehead atoms. The van der Waals surface area contributed by atoms with Gasteiger partial charge in [0, 0.05) is 31.0 Å². The monoisotopic (exact) mass is 246 g/mol. The van der Waals surface area contributed by atoms with Gasteiger partial charge < -0.3 is 10.6 Å². The Morgan fingerprint density at radius 1 is 1.17 bits per heavy atom. The van der Waals surface area contributed by atoms with Crippen molar-refractivity contribution in [2.24, 2.45) is 5.73 Å². The van der Waals surface area contributed by atoms with Gasteiger partial charge in [0.15, 0.2) is 0 Å². The highest BCUT2D eigenvalue weighted by Gasteiger charge is 2.20. The van der Waals surface area contributed by atoms with Gasteiger partial charge in [-0.15, -0.1) is 0 Å². The highest BCUT2D eigenvalue weighted by atomic mass is 15.3. The van der Waals surface area contributed by atoms with Gasteiger partial charge in [0.1, 0.15) is 0 Å². The maximum absolute atomic E-state index is 6.03. The third-order valence-electron chi connectivity index (χ3n) is 4.04. The van der Waals surface area contributed by atoms with Gasteiger partial charge in [-0.05, 0) is 44.1 Å². The largest absolute Gasteiger partial charge is 0.339 e. The number of rotatable bonds is 1. The molecular weight excluding hydrogens is 224 g/mol. The van der Waals surface area contributed by atoms with Crippen LogP contribution in [0, 0.1) is 0 Å². The van der Waals surface area contributed by atoms with Crippen molar-refractivity contribution >= 4 is 5.95 Å². The van der Waals surface area contributed by atoms with E-state index in [9.17, 15) is 0 Å². The van der Waals surface area contributed by atoms with Crippen LogP contribution < -0.4 is 10.6 Å². The zero-order chi connectivity index (χ0) is 12.4. The van der Waals surface area contributed by atoms with E-state index in [-0.39, 0.29) is 6.04 Å². The van der Waals surface area contributed by atoms with Crippen LogP contribution in [0.1, 0.15) is 43.4 Å². The average Bonchev–Trinajstić information content (AvgIpc) is 2.63. The summed E-state index contributed by atoms with van der Waals surface area (Å²) in [5.74, 6) is 0.894. The number of hydrogen-bond acceptors (Lipinski definition) is 4. The molecule has 0 saturated carbocycles. The molecule has 4 nitrogen and oxygen atoms in total. The molecule has 2 N–H and O–H groups in total. The number of nitrogens with zero attached hydrogens (tertiary/aromatic N) is 3. The van der Waals surface area contributed by atoms with Crippen molar-refractivity contribution in [3.63, 3.8) is 0 Å². The van der Waals surface area contributed by atoms with Crippen LogP contribution >= 0.6 is 0 Å². The quantitative estimate of drug-likeness (QED) is 0.766. The fourth-order valence-electron chi connectivity index (χ4n) is 2.99. The van der Waals surface area contributed by atoms with Crippen molar-refractivity contribution in [3.05, 3.63) is 17.5 Å². The van der Waals surface area contributed by atoms with E-state index in [0.717, 1.165) is 44.7 Å². The van der Waals surface area contributed by atoms with Crippen LogP contribution in [-0.4, -0.2) is 29.1 Å². The predicted molar refractivity (Wildman–Crippen MR) is 72.7 cm³/mol. The van der Waals surface area contributed by atoms with Crippen LogP contribution in [0.5, 0.6) is 0 Å². The van der Waals surface area contributed by atoms with Crippen LogP contribution in [0.25, 0.3) is 0 Å². The van der Waals surface area contributed by atoms with Crippen molar-refractivity contribution in [1.82, 2.24) is 9.97 Å². The number of fused-ring (bicyclic) bond motifs is 1. The summed E-state index contributed by atoms with van der Waals surface area (Å²) in [7, 11) is 0. The molecule has 1 aromatic rings. The van der Waals surface area contributed by atoms with E-state index in [1.807, 2.05) is 6.20 Å². The van der Waals surface area contributed by atoms with Gasteiger partial charge in [0.2, 0.25) is 5.95 Å². The molecule has 3 rings (SSSR count). The summed E-state index contributed by atoms with van der Waals surface area (Å²) in [6.45, 7) is 1.95. The van der Waals surface area contributed by atoms with Crippen LogP contribution in [0.4, 0.5) is 5.95 Å². The van der Waals surface area contributed by atoms with E-state index in [4.69, 9.17) is 10.7 Å². The molecule has 1 aliphatic heterocycles. The van der Waals surface area contributed by atoms with Gasteiger partial charge in [-0.3, -0.25) is 0 Å². The number of nitrogens with two attached hydrogens (primary N) is 1. The number of aromatic nitrogens is 2. The van der Waals surface area contributed by atoms with E-state index in [1.165, 1.54) is 30.5 Å². The predicted octanol–water partition coefficient (Wildman–Crippen LogP) is 1.67. The molecule has 2 heterocycles. The van der Waals surface area contributed by atoms with E-state index in [0.29, 0.717) is 0 Å². The lowest BCUT2D eigenvalue weighted by molar-refractivity contribution is 0.499. The van der Waals surface area contributed by atoms with E-state index in [2.05, 4.69) is 9.88 Å². The lowest BCUT2D eigenvalue weighted by Crippen LogP contribution is -2.43. The normalized spacial score (nSPS) is 24.5. The van der Waals surface area contributed by atoms with Gasteiger partial charge in [-0.2, -0.15) is 0 Å². The Balaban J connectivity index is 1.82. The van der Waals surface area contributed by atoms with Crippen molar-refractivity contribution in [3.8, 4) is 0 Å². The van der Waals surface area contributed by atoms with Crippen LogP contribution in [0.2, 0.25) is 0 Å². The second-order valence-electron chi connectivity index (χ2n) is 5.55. The van der Waals surface area contributed by atoms with E-state index >= 15 is 0 Å². The first-order valence-electron chi connectivity index (χ1n) is 7.18. The van der Waals surface area contributed by atoms with Crippen LogP contribution in [0.15, 0.2) is 6.20 Å². The highest BCUT2D eigenvalue weighted by molar-refractivity contribution is 5.34. The Labute approximate surface area is 109 Å². The van der Waals surface area contributed by atoms with Crippen molar-refractivity contribution in [2.75, 3.05) is 18.0 Å². The standard InChI is InChI=1S/C14H22N4/c15-12-6-4-8-18(10-12)14-16-9-11-5-2-1-3-7-13(11)17-14/h9,12H,1-8,10,15H2. The minimum Gasteiger partial charge on any atom is -0.339 e. The maximum atomic E-state index is 6.03. The Hall–Kier alpha value is -1.16. The first-order valence-corrected chi connectivity index (χ1v) is 7.18. The molecule has 0 amide bonds. The SMILES string of the molecule is NC1CCCN(c2ncc3c(n2)CCCCC3)C1. The first-order chi connectivity index (χ1) is 8.83. The maximum Gasteiger partial charge on any atom is 0.225 e. The molecule has 1 aliphatic carbocycles. The van der Waals surface area contributed by atoms with Gasteiger partial charge in [0.25, 0.3) is 0 Å². The molecule has 1 unspecified atom stereocenters. The Bertz CT molecular complexity index is 418. The van der Waals surface area contributed by atoms with Crippen LogP contribution in [0.3, 0.4) is 0 Å². The smallest absolute Gasteiger partial charge is 0.225 e. The van der Waals surface area contributed by atoms with E-state index < -0.39 is 0 Å². The summed E-state index contributed by atoms with van der Waals surface area (Å²) in [5, 5.41) is 0.